The lowest BCUT2D eigenvalue weighted by Crippen LogP contribution is -2.55. The van der Waals surface area contributed by atoms with E-state index in [2.05, 4.69) is 0 Å². The summed E-state index contributed by atoms with van der Waals surface area (Å²) >= 11 is 0. The summed E-state index contributed by atoms with van der Waals surface area (Å²) < 4.78 is 15.5. The minimum absolute atomic E-state index is 0.0403. The summed E-state index contributed by atoms with van der Waals surface area (Å²) in [7, 11) is 0. The first kappa shape index (κ1) is 14.9. The Bertz CT molecular complexity index is 316. The van der Waals surface area contributed by atoms with Crippen molar-refractivity contribution in [2.24, 2.45) is 5.92 Å². The van der Waals surface area contributed by atoms with E-state index < -0.39 is 30.3 Å². The molecule has 0 bridgehead atoms. The Labute approximate surface area is 106 Å². The molecule has 0 amide bonds. The molecule has 1 fully saturated rings. The van der Waals surface area contributed by atoms with Crippen LogP contribution in [0.1, 0.15) is 27.7 Å². The maximum absolute atomic E-state index is 11.0. The van der Waals surface area contributed by atoms with Crippen LogP contribution in [0.15, 0.2) is 0 Å². The lowest BCUT2D eigenvalue weighted by atomic mass is 9.89. The maximum atomic E-state index is 11.0. The van der Waals surface area contributed by atoms with Crippen LogP contribution in [-0.2, 0) is 23.8 Å². The van der Waals surface area contributed by atoms with Gasteiger partial charge in [0.1, 0.15) is 12.7 Å². The van der Waals surface area contributed by atoms with Crippen molar-refractivity contribution in [2.75, 3.05) is 6.61 Å². The fourth-order valence-electron chi connectivity index (χ4n) is 1.94. The van der Waals surface area contributed by atoms with Gasteiger partial charge in [0, 0.05) is 19.8 Å². The second kappa shape index (κ2) is 6.15. The normalized spacial score (nSPS) is 35.9. The van der Waals surface area contributed by atoms with E-state index in [9.17, 15) is 14.7 Å². The third-order valence-corrected chi connectivity index (χ3v) is 3.12. The molecule has 5 atom stereocenters. The smallest absolute Gasteiger partial charge is 0.303 e. The van der Waals surface area contributed by atoms with Crippen molar-refractivity contribution in [3.63, 3.8) is 0 Å². The average molecular weight is 260 g/mol. The van der Waals surface area contributed by atoms with Crippen LogP contribution in [0.25, 0.3) is 0 Å². The van der Waals surface area contributed by atoms with Gasteiger partial charge in [-0.15, -0.1) is 0 Å². The quantitative estimate of drug-likeness (QED) is 0.733. The van der Waals surface area contributed by atoms with Crippen molar-refractivity contribution in [3.05, 3.63) is 0 Å². The molecule has 6 heteroatoms. The zero-order valence-corrected chi connectivity index (χ0v) is 11.1. The van der Waals surface area contributed by atoms with E-state index in [1.54, 1.807) is 0 Å². The van der Waals surface area contributed by atoms with Gasteiger partial charge in [-0.2, -0.15) is 0 Å². The zero-order chi connectivity index (χ0) is 13.9. The van der Waals surface area contributed by atoms with Crippen LogP contribution in [0, 0.1) is 5.92 Å². The number of esters is 2. The van der Waals surface area contributed by atoms with Crippen molar-refractivity contribution < 1.29 is 28.9 Å². The topological polar surface area (TPSA) is 82.1 Å². The minimum Gasteiger partial charge on any atom is -0.463 e. The molecule has 0 aromatic carbocycles. The highest BCUT2D eigenvalue weighted by molar-refractivity contribution is 5.66. The van der Waals surface area contributed by atoms with Crippen LogP contribution >= 0.6 is 0 Å². The molecule has 3 unspecified atom stereocenters. The van der Waals surface area contributed by atoms with E-state index in [-0.39, 0.29) is 18.6 Å². The number of aliphatic hydroxyl groups excluding tert-OH is 1. The molecule has 0 radical (unpaired) electrons. The minimum atomic E-state index is -0.835. The van der Waals surface area contributed by atoms with Crippen LogP contribution in [-0.4, -0.2) is 48.1 Å². The first-order valence-corrected chi connectivity index (χ1v) is 5.97. The van der Waals surface area contributed by atoms with Gasteiger partial charge in [0.15, 0.2) is 6.10 Å². The molecule has 1 N–H and O–H groups in total. The maximum Gasteiger partial charge on any atom is 0.303 e. The lowest BCUT2D eigenvalue weighted by Gasteiger charge is -2.41. The van der Waals surface area contributed by atoms with Crippen molar-refractivity contribution in [3.8, 4) is 0 Å². The van der Waals surface area contributed by atoms with Crippen LogP contribution in [0.2, 0.25) is 0 Å². The molecule has 6 nitrogen and oxygen atoms in total. The van der Waals surface area contributed by atoms with Gasteiger partial charge >= 0.3 is 11.9 Å². The Morgan fingerprint density at radius 2 is 1.83 bits per heavy atom. The molecule has 1 rings (SSSR count). The van der Waals surface area contributed by atoms with Gasteiger partial charge in [-0.05, 0) is 6.92 Å². The summed E-state index contributed by atoms with van der Waals surface area (Å²) in [5.74, 6) is -1.11. The predicted molar refractivity (Wildman–Crippen MR) is 61.7 cm³/mol. The molecule has 1 aliphatic rings. The second-order valence-electron chi connectivity index (χ2n) is 4.61. The molecule has 0 spiro atoms. The highest BCUT2D eigenvalue weighted by atomic mass is 16.6. The molecule has 18 heavy (non-hydrogen) atoms. The molecule has 1 heterocycles. The number of ether oxygens (including phenoxy) is 3. The highest BCUT2D eigenvalue weighted by Crippen LogP contribution is 2.28. The van der Waals surface area contributed by atoms with Gasteiger partial charge in [-0.3, -0.25) is 9.59 Å². The van der Waals surface area contributed by atoms with Gasteiger partial charge in [0.05, 0.1) is 12.2 Å². The van der Waals surface area contributed by atoms with E-state index in [1.807, 2.05) is 13.8 Å². The monoisotopic (exact) mass is 260 g/mol. The number of hydrogen-bond donors (Lipinski definition) is 1. The number of carbonyl (C=O) groups is 2. The van der Waals surface area contributed by atoms with Crippen molar-refractivity contribution >= 4 is 11.9 Å². The molecule has 104 valence electrons. The van der Waals surface area contributed by atoms with Crippen molar-refractivity contribution in [1.29, 1.82) is 0 Å². The summed E-state index contributed by atoms with van der Waals surface area (Å²) in [5.41, 5.74) is 0. The van der Waals surface area contributed by atoms with E-state index in [0.29, 0.717) is 0 Å². The number of carbonyl (C=O) groups excluding carboxylic acids is 2. The standard InChI is InChI=1S/C12H20O6/c1-6-7(2)17-10(5-16-8(3)13)12(11(6)15)18-9(4)14/h6-7,10-12,15H,5H2,1-4H3/t6?,7-,10?,11?,12-/m1/s1. The van der Waals surface area contributed by atoms with Crippen molar-refractivity contribution in [2.45, 2.75) is 52.1 Å². The lowest BCUT2D eigenvalue weighted by molar-refractivity contribution is -0.219. The van der Waals surface area contributed by atoms with Crippen LogP contribution < -0.4 is 0 Å². The average Bonchev–Trinajstić information content (AvgIpc) is 2.27. The fourth-order valence-corrected chi connectivity index (χ4v) is 1.94. The summed E-state index contributed by atoms with van der Waals surface area (Å²) in [5, 5.41) is 10.1. The van der Waals surface area contributed by atoms with Gasteiger partial charge in [-0.1, -0.05) is 6.92 Å². The van der Waals surface area contributed by atoms with Crippen LogP contribution in [0.5, 0.6) is 0 Å². The summed E-state index contributed by atoms with van der Waals surface area (Å²) in [6, 6.07) is 0. The molecular weight excluding hydrogens is 240 g/mol. The van der Waals surface area contributed by atoms with E-state index in [0.717, 1.165) is 0 Å². The SMILES string of the molecule is CC(=O)OCC1O[C@H](C)C(C)C(O)[C@@H]1OC(C)=O. The fraction of sp³-hybridized carbons (Fsp3) is 0.833. The number of rotatable bonds is 3. The van der Waals surface area contributed by atoms with Crippen LogP contribution in [0.3, 0.4) is 0 Å². The molecule has 1 aliphatic heterocycles. The summed E-state index contributed by atoms with van der Waals surface area (Å²) in [4.78, 5) is 21.8. The van der Waals surface area contributed by atoms with Gasteiger partial charge in [-0.25, -0.2) is 0 Å². The predicted octanol–water partition coefficient (Wildman–Crippen LogP) is 0.265. The molecular formula is C12H20O6. The molecule has 1 saturated heterocycles. The first-order chi connectivity index (χ1) is 8.32. The third-order valence-electron chi connectivity index (χ3n) is 3.12. The van der Waals surface area contributed by atoms with E-state index in [4.69, 9.17) is 14.2 Å². The Balaban J connectivity index is 2.75. The zero-order valence-electron chi connectivity index (χ0n) is 11.1. The second-order valence-corrected chi connectivity index (χ2v) is 4.61. The first-order valence-electron chi connectivity index (χ1n) is 5.97. The molecule has 0 saturated carbocycles. The largest absolute Gasteiger partial charge is 0.463 e. The Morgan fingerprint density at radius 3 is 2.33 bits per heavy atom. The highest BCUT2D eigenvalue weighted by Gasteiger charge is 2.43. The Kier molecular flexibility index (Phi) is 5.10. The van der Waals surface area contributed by atoms with Gasteiger partial charge < -0.3 is 19.3 Å². The summed E-state index contributed by atoms with van der Waals surface area (Å²) in [6.07, 6.45) is -2.49. The molecule has 0 aliphatic carbocycles. The number of hydrogen-bond acceptors (Lipinski definition) is 6. The van der Waals surface area contributed by atoms with Crippen molar-refractivity contribution in [1.82, 2.24) is 0 Å². The van der Waals surface area contributed by atoms with Crippen LogP contribution in [0.4, 0.5) is 0 Å². The van der Waals surface area contributed by atoms with Gasteiger partial charge in [0.25, 0.3) is 0 Å². The Morgan fingerprint density at radius 1 is 1.22 bits per heavy atom. The number of aliphatic hydroxyl groups is 1. The van der Waals surface area contributed by atoms with E-state index in [1.165, 1.54) is 13.8 Å². The molecule has 0 aromatic heterocycles. The molecule has 0 aromatic rings. The Hall–Kier alpha value is -1.14. The third kappa shape index (κ3) is 3.68. The van der Waals surface area contributed by atoms with Gasteiger partial charge in [0.2, 0.25) is 0 Å². The summed E-state index contributed by atoms with van der Waals surface area (Å²) in [6.45, 7) is 6.14. The van der Waals surface area contributed by atoms with E-state index >= 15 is 0 Å².